The first-order valence-corrected chi connectivity index (χ1v) is 12.7. The van der Waals surface area contributed by atoms with Crippen LogP contribution in [0.1, 0.15) is 50.4 Å². The average Bonchev–Trinajstić information content (AvgIpc) is 3.18. The summed E-state index contributed by atoms with van der Waals surface area (Å²) in [6.45, 7) is 8.61. The van der Waals surface area contributed by atoms with Gasteiger partial charge in [-0.05, 0) is 59.7 Å². The van der Waals surface area contributed by atoms with Crippen LogP contribution in [0.15, 0.2) is 90.8 Å². The molecule has 6 heteroatoms. The van der Waals surface area contributed by atoms with Gasteiger partial charge in [0.25, 0.3) is 11.7 Å². The SMILES string of the molecule is CCOc1ccc(/C(O)=C2\C(=O)C(=O)N(c3cccc4ccccc34)C2c2ccncc2)cc1C(C)(C)C. The van der Waals surface area contributed by atoms with Crippen molar-refractivity contribution in [3.05, 3.63) is 107 Å². The number of nitrogens with zero attached hydrogens (tertiary/aromatic N) is 2. The molecule has 1 aromatic heterocycles. The van der Waals surface area contributed by atoms with Crippen LogP contribution >= 0.6 is 0 Å². The van der Waals surface area contributed by atoms with E-state index in [1.807, 2.05) is 55.5 Å². The first-order chi connectivity index (χ1) is 18.2. The van der Waals surface area contributed by atoms with Gasteiger partial charge in [0, 0.05) is 28.9 Å². The zero-order chi connectivity index (χ0) is 27.0. The van der Waals surface area contributed by atoms with E-state index in [2.05, 4.69) is 25.8 Å². The second kappa shape index (κ2) is 9.78. The molecule has 0 spiro atoms. The molecule has 1 aliphatic rings. The third-order valence-electron chi connectivity index (χ3n) is 6.85. The molecule has 0 bridgehead atoms. The fraction of sp³-hybridized carbons (Fsp3) is 0.219. The molecule has 3 aromatic carbocycles. The highest BCUT2D eigenvalue weighted by Crippen LogP contribution is 2.44. The summed E-state index contributed by atoms with van der Waals surface area (Å²) >= 11 is 0. The number of hydrogen-bond donors (Lipinski definition) is 1. The molecule has 192 valence electrons. The molecular weight excluding hydrogens is 476 g/mol. The first kappa shape index (κ1) is 25.2. The van der Waals surface area contributed by atoms with Crippen molar-refractivity contribution in [2.24, 2.45) is 0 Å². The number of pyridine rings is 1. The highest BCUT2D eigenvalue weighted by molar-refractivity contribution is 6.52. The minimum atomic E-state index is -0.825. The molecule has 1 atom stereocenters. The molecule has 1 amide bonds. The maximum absolute atomic E-state index is 13.6. The third-order valence-corrected chi connectivity index (χ3v) is 6.85. The van der Waals surface area contributed by atoms with Crippen molar-refractivity contribution in [3.63, 3.8) is 0 Å². The van der Waals surface area contributed by atoms with Crippen LogP contribution in [0.5, 0.6) is 5.75 Å². The van der Waals surface area contributed by atoms with E-state index in [-0.39, 0.29) is 16.7 Å². The van der Waals surface area contributed by atoms with Gasteiger partial charge < -0.3 is 9.84 Å². The Labute approximate surface area is 222 Å². The number of fused-ring (bicyclic) bond motifs is 1. The van der Waals surface area contributed by atoms with Gasteiger partial charge in [0.15, 0.2) is 0 Å². The number of rotatable bonds is 5. The molecular formula is C32H30N2O4. The lowest BCUT2D eigenvalue weighted by Crippen LogP contribution is -2.29. The minimum Gasteiger partial charge on any atom is -0.507 e. The molecule has 38 heavy (non-hydrogen) atoms. The van der Waals surface area contributed by atoms with Crippen molar-refractivity contribution < 1.29 is 19.4 Å². The number of anilines is 1. The van der Waals surface area contributed by atoms with Gasteiger partial charge in [0.1, 0.15) is 11.5 Å². The van der Waals surface area contributed by atoms with Crippen molar-refractivity contribution in [1.29, 1.82) is 0 Å². The van der Waals surface area contributed by atoms with Crippen molar-refractivity contribution in [1.82, 2.24) is 4.98 Å². The minimum absolute atomic E-state index is 0.0400. The van der Waals surface area contributed by atoms with Crippen LogP contribution in [0, 0.1) is 0 Å². The van der Waals surface area contributed by atoms with E-state index in [0.29, 0.717) is 23.4 Å². The Morgan fingerprint density at radius 3 is 2.39 bits per heavy atom. The molecule has 5 rings (SSSR count). The molecule has 4 aromatic rings. The van der Waals surface area contributed by atoms with Gasteiger partial charge >= 0.3 is 0 Å². The molecule has 2 heterocycles. The van der Waals surface area contributed by atoms with Gasteiger partial charge in [-0.3, -0.25) is 19.5 Å². The van der Waals surface area contributed by atoms with E-state index in [9.17, 15) is 14.7 Å². The fourth-order valence-electron chi connectivity index (χ4n) is 5.06. The Hall–Kier alpha value is -4.45. The van der Waals surface area contributed by atoms with Crippen molar-refractivity contribution in [3.8, 4) is 5.75 Å². The number of Topliss-reactive ketones (excluding diaryl/α,β-unsaturated/α-hetero) is 1. The topological polar surface area (TPSA) is 79.7 Å². The quantitative estimate of drug-likeness (QED) is 0.188. The van der Waals surface area contributed by atoms with Crippen LogP contribution in [-0.2, 0) is 15.0 Å². The normalized spacial score (nSPS) is 17.3. The van der Waals surface area contributed by atoms with Gasteiger partial charge in [0.2, 0.25) is 0 Å². The fourth-order valence-corrected chi connectivity index (χ4v) is 5.06. The van der Waals surface area contributed by atoms with E-state index < -0.39 is 17.7 Å². The van der Waals surface area contributed by atoms with Crippen molar-refractivity contribution >= 4 is 33.9 Å². The van der Waals surface area contributed by atoms with Crippen LogP contribution in [0.25, 0.3) is 16.5 Å². The first-order valence-electron chi connectivity index (χ1n) is 12.7. The third kappa shape index (κ3) is 4.32. The smallest absolute Gasteiger partial charge is 0.300 e. The number of aliphatic hydroxyl groups excluding tert-OH is 1. The number of aliphatic hydroxyl groups is 1. The maximum atomic E-state index is 13.6. The number of amides is 1. The summed E-state index contributed by atoms with van der Waals surface area (Å²) in [7, 11) is 0. The number of aromatic nitrogens is 1. The van der Waals surface area contributed by atoms with Crippen LogP contribution in [0.4, 0.5) is 5.69 Å². The number of benzene rings is 3. The van der Waals surface area contributed by atoms with Gasteiger partial charge in [-0.15, -0.1) is 0 Å². The molecule has 0 aliphatic carbocycles. The summed E-state index contributed by atoms with van der Waals surface area (Å²) < 4.78 is 5.83. The molecule has 0 radical (unpaired) electrons. The number of carbonyl (C=O) groups is 2. The van der Waals surface area contributed by atoms with E-state index in [0.717, 1.165) is 22.1 Å². The lowest BCUT2D eigenvalue weighted by atomic mass is 9.84. The summed E-state index contributed by atoms with van der Waals surface area (Å²) in [6, 6.07) is 21.5. The summed E-state index contributed by atoms with van der Waals surface area (Å²) in [5.74, 6) is -0.921. The summed E-state index contributed by atoms with van der Waals surface area (Å²) in [4.78, 5) is 32.9. The van der Waals surface area contributed by atoms with E-state index in [1.165, 1.54) is 4.90 Å². The standard InChI is InChI=1S/C32H30N2O4/c1-5-38-26-14-13-22(19-24(26)32(2,3)4)29(35)27-28(21-15-17-33-18-16-21)34(31(37)30(27)36)25-12-8-10-20-9-6-7-11-23(20)25/h6-19,28,35H,5H2,1-4H3/b29-27+. The lowest BCUT2D eigenvalue weighted by Gasteiger charge is -2.27. The van der Waals surface area contributed by atoms with E-state index >= 15 is 0 Å². The molecule has 1 saturated heterocycles. The molecule has 6 nitrogen and oxygen atoms in total. The number of hydrogen-bond acceptors (Lipinski definition) is 5. The molecule has 0 saturated carbocycles. The summed E-state index contributed by atoms with van der Waals surface area (Å²) in [5, 5.41) is 13.4. The highest BCUT2D eigenvalue weighted by Gasteiger charge is 2.47. The zero-order valence-electron chi connectivity index (χ0n) is 21.9. The Morgan fingerprint density at radius 1 is 0.974 bits per heavy atom. The molecule has 1 unspecified atom stereocenters. The van der Waals surface area contributed by atoms with E-state index in [4.69, 9.17) is 4.74 Å². The van der Waals surface area contributed by atoms with Gasteiger partial charge in [-0.1, -0.05) is 57.2 Å². The van der Waals surface area contributed by atoms with Gasteiger partial charge in [0.05, 0.1) is 23.9 Å². The Kier molecular flexibility index (Phi) is 6.49. The number of ether oxygens (including phenoxy) is 1. The zero-order valence-corrected chi connectivity index (χ0v) is 21.9. The largest absolute Gasteiger partial charge is 0.507 e. The van der Waals surface area contributed by atoms with Crippen LogP contribution in [-0.4, -0.2) is 28.4 Å². The summed E-state index contributed by atoms with van der Waals surface area (Å²) in [6.07, 6.45) is 3.24. The number of carbonyl (C=O) groups excluding carboxylic acids is 2. The molecule has 1 N–H and O–H groups in total. The highest BCUT2D eigenvalue weighted by atomic mass is 16.5. The second-order valence-corrected chi connectivity index (χ2v) is 10.3. The molecule has 1 aliphatic heterocycles. The second-order valence-electron chi connectivity index (χ2n) is 10.3. The van der Waals surface area contributed by atoms with Crippen LogP contribution in [0.2, 0.25) is 0 Å². The Morgan fingerprint density at radius 2 is 1.68 bits per heavy atom. The maximum Gasteiger partial charge on any atom is 0.300 e. The van der Waals surface area contributed by atoms with Crippen LogP contribution in [0.3, 0.4) is 0 Å². The predicted octanol–water partition coefficient (Wildman–Crippen LogP) is 6.56. The monoisotopic (exact) mass is 506 g/mol. The lowest BCUT2D eigenvalue weighted by molar-refractivity contribution is -0.132. The predicted molar refractivity (Wildman–Crippen MR) is 149 cm³/mol. The number of ketones is 1. The van der Waals surface area contributed by atoms with Crippen LogP contribution < -0.4 is 9.64 Å². The molecule has 1 fully saturated rings. The average molecular weight is 507 g/mol. The summed E-state index contributed by atoms with van der Waals surface area (Å²) in [5.41, 5.74) is 2.39. The Balaban J connectivity index is 1.75. The van der Waals surface area contributed by atoms with Crippen molar-refractivity contribution in [2.75, 3.05) is 11.5 Å². The van der Waals surface area contributed by atoms with Crippen molar-refractivity contribution in [2.45, 2.75) is 39.2 Å². The van der Waals surface area contributed by atoms with E-state index in [1.54, 1.807) is 36.7 Å². The van der Waals surface area contributed by atoms with Gasteiger partial charge in [-0.2, -0.15) is 0 Å². The Bertz CT molecular complexity index is 1560. The van der Waals surface area contributed by atoms with Gasteiger partial charge in [-0.25, -0.2) is 0 Å².